The molecule has 0 aliphatic carbocycles. The molecule has 6 nitrogen and oxygen atoms in total. The average Bonchev–Trinajstić information content (AvgIpc) is 3.15. The van der Waals surface area contributed by atoms with Crippen LogP contribution in [0.2, 0.25) is 0 Å². The number of hydrogen-bond acceptors (Lipinski definition) is 5. The first-order valence-electron chi connectivity index (χ1n) is 9.72. The molecule has 1 aliphatic rings. The molecule has 2 aromatic rings. The van der Waals surface area contributed by atoms with Gasteiger partial charge in [-0.15, -0.1) is 24.5 Å². The van der Waals surface area contributed by atoms with E-state index in [1.807, 2.05) is 19.1 Å². The van der Waals surface area contributed by atoms with Gasteiger partial charge in [-0.3, -0.25) is 14.6 Å². The fourth-order valence-electron chi connectivity index (χ4n) is 3.54. The lowest BCUT2D eigenvalue weighted by Crippen LogP contribution is -2.46. The summed E-state index contributed by atoms with van der Waals surface area (Å²) in [6.07, 6.45) is 8.49. The number of thiazole rings is 1. The summed E-state index contributed by atoms with van der Waals surface area (Å²) >= 11 is 1.38. The Morgan fingerprint density at radius 3 is 2.76 bits per heavy atom. The zero-order valence-corrected chi connectivity index (χ0v) is 17.5. The smallest absolute Gasteiger partial charge is 0.265 e. The van der Waals surface area contributed by atoms with E-state index in [1.165, 1.54) is 11.3 Å². The first kappa shape index (κ1) is 20.9. The van der Waals surface area contributed by atoms with Gasteiger partial charge in [0, 0.05) is 44.1 Å². The first-order chi connectivity index (χ1) is 14.0. The summed E-state index contributed by atoms with van der Waals surface area (Å²) in [5.41, 5.74) is 1.61. The molecule has 0 bridgehead atoms. The first-order valence-corrected chi connectivity index (χ1v) is 10.5. The second-order valence-corrected chi connectivity index (χ2v) is 8.09. The molecule has 29 heavy (non-hydrogen) atoms. The van der Waals surface area contributed by atoms with Crippen molar-refractivity contribution < 1.29 is 9.59 Å². The molecule has 0 spiro atoms. The molecular formula is C22H26N4O2S. The Balaban J connectivity index is 1.74. The molecular weight excluding hydrogens is 384 g/mol. The van der Waals surface area contributed by atoms with E-state index in [0.29, 0.717) is 36.8 Å². The number of aromatic nitrogens is 2. The zero-order valence-electron chi connectivity index (χ0n) is 16.7. The van der Waals surface area contributed by atoms with Crippen LogP contribution in [0.5, 0.6) is 0 Å². The number of amides is 2. The second kappa shape index (κ2) is 9.60. The number of pyridine rings is 1. The van der Waals surface area contributed by atoms with E-state index in [0.717, 1.165) is 23.4 Å². The Bertz CT molecular complexity index is 883. The molecule has 1 saturated heterocycles. The number of carbonyl (C=O) groups excluding carboxylic acids is 2. The third kappa shape index (κ3) is 4.79. The van der Waals surface area contributed by atoms with Gasteiger partial charge < -0.3 is 9.80 Å². The summed E-state index contributed by atoms with van der Waals surface area (Å²) in [6.45, 7) is 11.4. The topological polar surface area (TPSA) is 66.4 Å². The Morgan fingerprint density at radius 2 is 2.10 bits per heavy atom. The molecule has 0 N–H and O–H groups in total. The minimum Gasteiger partial charge on any atom is -0.337 e. The van der Waals surface area contributed by atoms with Crippen LogP contribution in [0, 0.1) is 12.8 Å². The monoisotopic (exact) mass is 410 g/mol. The minimum atomic E-state index is -0.196. The standard InChI is InChI=1S/C22H26N4O2S/c1-4-11-25(12-5-2)21(27)18-9-7-13-26(15-18)22(28)19-16(3)24-20(29-19)17-8-6-10-23-14-17/h4-6,8,10,14,18H,1-2,7,9,11-13,15H2,3H3. The normalized spacial score (nSPS) is 16.3. The quantitative estimate of drug-likeness (QED) is 0.655. The van der Waals surface area contributed by atoms with E-state index >= 15 is 0 Å². The predicted octanol–water partition coefficient (Wildman–Crippen LogP) is 3.57. The highest BCUT2D eigenvalue weighted by molar-refractivity contribution is 7.17. The summed E-state index contributed by atoms with van der Waals surface area (Å²) in [5.74, 6) is -0.190. The van der Waals surface area contributed by atoms with Crippen LogP contribution >= 0.6 is 11.3 Å². The maximum atomic E-state index is 13.2. The number of nitrogens with zero attached hydrogens (tertiary/aromatic N) is 4. The molecule has 2 amide bonds. The third-order valence-electron chi connectivity index (χ3n) is 4.97. The van der Waals surface area contributed by atoms with Gasteiger partial charge in [-0.25, -0.2) is 4.98 Å². The van der Waals surface area contributed by atoms with Gasteiger partial charge in [-0.2, -0.15) is 0 Å². The minimum absolute atomic E-state index is 0.0494. The zero-order chi connectivity index (χ0) is 20.8. The number of aryl methyl sites for hydroxylation is 1. The SMILES string of the molecule is C=CCN(CC=C)C(=O)C1CCCN(C(=O)c2sc(-c3cccnc3)nc2C)C1. The molecule has 3 heterocycles. The van der Waals surface area contributed by atoms with E-state index in [9.17, 15) is 9.59 Å². The molecule has 1 fully saturated rings. The van der Waals surface area contributed by atoms with Crippen molar-refractivity contribution in [2.24, 2.45) is 5.92 Å². The summed E-state index contributed by atoms with van der Waals surface area (Å²) in [4.78, 5) is 38.9. The summed E-state index contributed by atoms with van der Waals surface area (Å²) in [7, 11) is 0. The molecule has 7 heteroatoms. The molecule has 1 aliphatic heterocycles. The number of piperidine rings is 1. The molecule has 0 saturated carbocycles. The van der Waals surface area contributed by atoms with Crippen LogP contribution in [-0.2, 0) is 4.79 Å². The molecule has 0 radical (unpaired) electrons. The lowest BCUT2D eigenvalue weighted by Gasteiger charge is -2.34. The highest BCUT2D eigenvalue weighted by atomic mass is 32.1. The molecule has 0 aromatic carbocycles. The van der Waals surface area contributed by atoms with Crippen molar-refractivity contribution in [2.75, 3.05) is 26.2 Å². The number of likely N-dealkylation sites (tertiary alicyclic amines) is 1. The van der Waals surface area contributed by atoms with Crippen molar-refractivity contribution in [1.29, 1.82) is 0 Å². The van der Waals surface area contributed by atoms with Crippen molar-refractivity contribution in [3.05, 3.63) is 60.4 Å². The molecule has 2 aromatic heterocycles. The Morgan fingerprint density at radius 1 is 1.34 bits per heavy atom. The molecule has 3 rings (SSSR count). The summed E-state index contributed by atoms with van der Waals surface area (Å²) in [6, 6.07) is 3.79. The largest absolute Gasteiger partial charge is 0.337 e. The number of rotatable bonds is 7. The number of carbonyl (C=O) groups is 2. The van der Waals surface area contributed by atoms with Gasteiger partial charge in [-0.1, -0.05) is 12.2 Å². The van der Waals surface area contributed by atoms with Crippen LogP contribution in [0.15, 0.2) is 49.8 Å². The lowest BCUT2D eigenvalue weighted by atomic mass is 9.96. The van der Waals surface area contributed by atoms with Gasteiger partial charge in [0.2, 0.25) is 5.91 Å². The summed E-state index contributed by atoms with van der Waals surface area (Å²) in [5, 5.41) is 0.784. The van der Waals surface area contributed by atoms with Crippen LogP contribution in [0.25, 0.3) is 10.6 Å². The van der Waals surface area contributed by atoms with Gasteiger partial charge in [0.05, 0.1) is 11.6 Å². The van der Waals surface area contributed by atoms with E-state index in [2.05, 4.69) is 23.1 Å². The van der Waals surface area contributed by atoms with Crippen molar-refractivity contribution >= 4 is 23.2 Å². The van der Waals surface area contributed by atoms with Crippen LogP contribution in [0.4, 0.5) is 0 Å². The van der Waals surface area contributed by atoms with Crippen molar-refractivity contribution in [1.82, 2.24) is 19.8 Å². The molecule has 1 atom stereocenters. The molecule has 152 valence electrons. The van der Waals surface area contributed by atoms with Crippen molar-refractivity contribution in [3.8, 4) is 10.6 Å². The Hall–Kier alpha value is -2.80. The van der Waals surface area contributed by atoms with E-state index in [-0.39, 0.29) is 17.7 Å². The predicted molar refractivity (Wildman–Crippen MR) is 116 cm³/mol. The third-order valence-corrected chi connectivity index (χ3v) is 6.16. The van der Waals surface area contributed by atoms with Crippen LogP contribution in [-0.4, -0.2) is 57.8 Å². The highest BCUT2D eigenvalue weighted by Crippen LogP contribution is 2.29. The second-order valence-electron chi connectivity index (χ2n) is 7.09. The van der Waals surface area contributed by atoms with Gasteiger partial charge in [0.1, 0.15) is 9.88 Å². The van der Waals surface area contributed by atoms with E-state index in [1.54, 1.807) is 34.3 Å². The van der Waals surface area contributed by atoms with Gasteiger partial charge in [0.15, 0.2) is 0 Å². The lowest BCUT2D eigenvalue weighted by molar-refractivity contribution is -0.135. The van der Waals surface area contributed by atoms with Crippen LogP contribution in [0.1, 0.15) is 28.2 Å². The Kier molecular flexibility index (Phi) is 6.93. The maximum Gasteiger partial charge on any atom is 0.265 e. The van der Waals surface area contributed by atoms with Gasteiger partial charge in [0.25, 0.3) is 5.91 Å². The van der Waals surface area contributed by atoms with Crippen LogP contribution in [0.3, 0.4) is 0 Å². The van der Waals surface area contributed by atoms with E-state index in [4.69, 9.17) is 0 Å². The summed E-state index contributed by atoms with van der Waals surface area (Å²) < 4.78 is 0. The van der Waals surface area contributed by atoms with Gasteiger partial charge in [-0.05, 0) is 31.9 Å². The van der Waals surface area contributed by atoms with Crippen molar-refractivity contribution in [3.63, 3.8) is 0 Å². The number of hydrogen-bond donors (Lipinski definition) is 0. The Labute approximate surface area is 175 Å². The highest BCUT2D eigenvalue weighted by Gasteiger charge is 2.32. The fraction of sp³-hybridized carbons (Fsp3) is 0.364. The molecule has 1 unspecified atom stereocenters. The maximum absolute atomic E-state index is 13.2. The van der Waals surface area contributed by atoms with Gasteiger partial charge >= 0.3 is 0 Å². The average molecular weight is 411 g/mol. The fourth-order valence-corrected chi connectivity index (χ4v) is 4.56. The van der Waals surface area contributed by atoms with E-state index < -0.39 is 0 Å². The van der Waals surface area contributed by atoms with Crippen LogP contribution < -0.4 is 0 Å². The van der Waals surface area contributed by atoms with Crippen molar-refractivity contribution in [2.45, 2.75) is 19.8 Å².